The molecule has 476 valence electrons. The normalized spacial score (nSPS) is 49.4. The maximum Gasteiger partial charge on any atom is 0.311 e. The van der Waals surface area contributed by atoms with Crippen LogP contribution in [0, 0.1) is 46.3 Å². The monoisotopic (exact) mass is 1180 g/mol. The number of amides is 1. The van der Waals surface area contributed by atoms with Gasteiger partial charge in [-0.1, -0.05) is 53.2 Å². The number of aliphatic hydroxyl groups is 7. The van der Waals surface area contributed by atoms with Gasteiger partial charge in [-0.05, 0) is 157 Å². The maximum atomic E-state index is 17.9. The number of nitrogens with one attached hydrogen (secondary N) is 1. The second-order valence-corrected chi connectivity index (χ2v) is 28.0. The number of methoxy groups -OCH3 is 1. The number of hydrogen-bond acceptors (Lipinski definition) is 18. The number of carbonyl (C=O) groups excluding carboxylic acids is 3. The molecule has 0 aromatic carbocycles. The standard InChI is InChI=1S/C63H106FN3O16/c1-17-25-66(15)45-28-36(5)79-55(49(45)70)83-53-37(6)50(82-48-32-60(13,78-16)52(72)40(9)80-48)38(7)54(73)81-47(18-2)61(14,76)51(71)39(8)67(33-34(3)30-59(53,12)75)26-19-24-65-56(74)63(77)35(4)27-44-43-21-20-41-29-42(68)22-23-57(41,10)62(43,64)46(69)31-58(44,63)11/h22-23,29,34-40,43-53,55,69-72,75-77H,17-21,24-28,30-33H2,1-16H3,(H,65,74)/t34-,35-,36-,37-,38-,39-,40+,43?,44?,45+,46+,47-,48?,49-,50+,51-,52+,53-,55?,57+,58+,59-,60-,61-,62+,63+/m1/s1. The maximum absolute atomic E-state index is 17.9. The number of ketones is 1. The van der Waals surface area contributed by atoms with Crippen molar-refractivity contribution < 1.29 is 82.9 Å². The van der Waals surface area contributed by atoms with Gasteiger partial charge < -0.3 is 74.4 Å². The van der Waals surface area contributed by atoms with Crippen molar-refractivity contribution in [2.45, 2.75) is 269 Å². The van der Waals surface area contributed by atoms with E-state index in [1.807, 2.05) is 25.8 Å². The van der Waals surface area contributed by atoms with Crippen LogP contribution in [0.2, 0.25) is 0 Å². The highest BCUT2D eigenvalue weighted by Crippen LogP contribution is 2.70. The number of hydrogen-bond donors (Lipinski definition) is 8. The largest absolute Gasteiger partial charge is 0.459 e. The topological polar surface area (TPSA) is 267 Å². The Morgan fingerprint density at radius 3 is 2.22 bits per heavy atom. The van der Waals surface area contributed by atoms with E-state index in [9.17, 15) is 50.1 Å². The highest BCUT2D eigenvalue weighted by molar-refractivity contribution is 6.01. The van der Waals surface area contributed by atoms with E-state index in [0.717, 1.165) is 6.42 Å². The van der Waals surface area contributed by atoms with Gasteiger partial charge in [0.2, 0.25) is 0 Å². The first-order chi connectivity index (χ1) is 38.5. The van der Waals surface area contributed by atoms with Gasteiger partial charge in [-0.2, -0.15) is 0 Å². The molecule has 4 unspecified atom stereocenters. The molecule has 0 aromatic rings. The lowest BCUT2D eigenvalue weighted by Gasteiger charge is -2.62. The molecule has 0 bridgehead atoms. The molecule has 3 aliphatic heterocycles. The fourth-order valence-corrected chi connectivity index (χ4v) is 17.0. The van der Waals surface area contributed by atoms with Gasteiger partial charge in [0.05, 0.1) is 47.6 Å². The molecule has 7 aliphatic rings. The Morgan fingerprint density at radius 1 is 0.904 bits per heavy atom. The molecule has 0 aromatic heterocycles. The van der Waals surface area contributed by atoms with Crippen LogP contribution in [0.25, 0.3) is 0 Å². The quantitative estimate of drug-likeness (QED) is 0.0849. The molecule has 3 saturated heterocycles. The van der Waals surface area contributed by atoms with Gasteiger partial charge in [0.1, 0.15) is 30.0 Å². The van der Waals surface area contributed by atoms with E-state index in [4.69, 9.17) is 28.4 Å². The van der Waals surface area contributed by atoms with Crippen LogP contribution >= 0.6 is 0 Å². The van der Waals surface area contributed by atoms with Crippen LogP contribution in [0.5, 0.6) is 0 Å². The lowest BCUT2D eigenvalue weighted by atomic mass is 9.44. The Bertz CT molecular complexity index is 2340. The molecule has 3 heterocycles. The minimum atomic E-state index is -2.13. The molecule has 3 saturated carbocycles. The van der Waals surface area contributed by atoms with Gasteiger partial charge in [-0.25, -0.2) is 4.39 Å². The fourth-order valence-electron chi connectivity index (χ4n) is 17.0. The molecule has 6 fully saturated rings. The number of ether oxygens (including phenoxy) is 6. The van der Waals surface area contributed by atoms with Gasteiger partial charge in [0, 0.05) is 67.9 Å². The first kappa shape index (κ1) is 68.0. The van der Waals surface area contributed by atoms with E-state index in [1.54, 1.807) is 75.3 Å². The predicted octanol–water partition coefficient (Wildman–Crippen LogP) is 4.91. The van der Waals surface area contributed by atoms with E-state index in [1.165, 1.54) is 26.2 Å². The molecule has 4 aliphatic carbocycles. The predicted molar refractivity (Wildman–Crippen MR) is 308 cm³/mol. The summed E-state index contributed by atoms with van der Waals surface area (Å²) in [5.41, 5.74) is -10.7. The molecule has 0 radical (unpaired) electrons. The third-order valence-corrected chi connectivity index (χ3v) is 22.0. The Kier molecular flexibility index (Phi) is 20.9. The molecule has 19 nitrogen and oxygen atoms in total. The molecule has 7 rings (SSSR count). The van der Waals surface area contributed by atoms with E-state index in [-0.39, 0.29) is 69.2 Å². The Labute approximate surface area is 493 Å². The smallest absolute Gasteiger partial charge is 0.311 e. The highest BCUT2D eigenvalue weighted by atomic mass is 19.1. The average Bonchev–Trinajstić information content (AvgIpc) is 1.93. The first-order valence-corrected chi connectivity index (χ1v) is 31.2. The third-order valence-electron chi connectivity index (χ3n) is 22.0. The van der Waals surface area contributed by atoms with Crippen LogP contribution in [0.4, 0.5) is 4.39 Å². The number of cyclic esters (lactones) is 1. The Balaban J connectivity index is 1.17. The molecule has 0 spiro atoms. The number of likely N-dealkylation sites (N-methyl/N-ethyl adjacent to an activating group) is 1. The lowest BCUT2D eigenvalue weighted by Crippen LogP contribution is -2.70. The van der Waals surface area contributed by atoms with Crippen molar-refractivity contribution in [3.8, 4) is 0 Å². The summed E-state index contributed by atoms with van der Waals surface area (Å²) in [5, 5.41) is 88.9. The van der Waals surface area contributed by atoms with Crippen molar-refractivity contribution in [1.82, 2.24) is 15.1 Å². The van der Waals surface area contributed by atoms with Crippen molar-refractivity contribution in [3.63, 3.8) is 0 Å². The Hall–Kier alpha value is -2.54. The van der Waals surface area contributed by atoms with Crippen molar-refractivity contribution in [2.75, 3.05) is 40.3 Å². The van der Waals surface area contributed by atoms with E-state index in [2.05, 4.69) is 17.1 Å². The molecule has 1 amide bonds. The summed E-state index contributed by atoms with van der Waals surface area (Å²) in [4.78, 5) is 45.9. The number of nitrogens with zero attached hydrogens (tertiary/aromatic N) is 2. The number of esters is 1. The molecule has 83 heavy (non-hydrogen) atoms. The van der Waals surface area contributed by atoms with E-state index >= 15 is 4.39 Å². The zero-order valence-electron chi connectivity index (χ0n) is 52.7. The minimum Gasteiger partial charge on any atom is -0.459 e. The molecule has 26 atom stereocenters. The summed E-state index contributed by atoms with van der Waals surface area (Å²) in [6.45, 7) is 25.9. The lowest BCUT2D eigenvalue weighted by molar-refractivity contribution is -0.318. The zero-order valence-corrected chi connectivity index (χ0v) is 52.7. The SMILES string of the molecule is CCCN(C)[C@H]1C[C@@H](C)OC(O[C@@H]2[C@H](C)[C@H](OC3C[C@@](C)(OC)[C@@H](O)[C@H](C)O3)[C@@H](C)C(=O)O[C@H](CC)[C@@](C)(O)[C@H](O)[C@@H](C)N(CCCNC(=O)[C@@]3(O)[C@H](C)CC4C5CCC6=CC(=O)C=C[C@]6(C)[C@@]5(F)[C@@H](O)C[C@@]43C)C[C@H](C)C[C@@]2(C)O)[C@@H]1O. The number of carbonyl (C=O) groups is 3. The van der Waals surface area contributed by atoms with E-state index < -0.39 is 148 Å². The van der Waals surface area contributed by atoms with Gasteiger partial charge in [-0.3, -0.25) is 19.3 Å². The number of alkyl halides is 1. The summed E-state index contributed by atoms with van der Waals surface area (Å²) < 4.78 is 56.5. The summed E-state index contributed by atoms with van der Waals surface area (Å²) in [6.07, 6.45) is -4.75. The van der Waals surface area contributed by atoms with Crippen molar-refractivity contribution >= 4 is 17.7 Å². The molecular formula is C63H106FN3O16. The van der Waals surface area contributed by atoms with Crippen LogP contribution in [-0.2, 0) is 42.8 Å². The van der Waals surface area contributed by atoms with E-state index in [0.29, 0.717) is 44.2 Å². The number of allylic oxidation sites excluding steroid dienone is 4. The van der Waals surface area contributed by atoms with Gasteiger partial charge in [0.25, 0.3) is 5.91 Å². The Morgan fingerprint density at radius 2 is 1.58 bits per heavy atom. The second-order valence-electron chi connectivity index (χ2n) is 28.0. The highest BCUT2D eigenvalue weighted by Gasteiger charge is 2.76. The summed E-state index contributed by atoms with van der Waals surface area (Å²) in [7, 11) is 3.43. The first-order valence-electron chi connectivity index (χ1n) is 31.2. The van der Waals surface area contributed by atoms with Crippen LogP contribution < -0.4 is 5.32 Å². The average molecular weight is 1180 g/mol. The molecule has 20 heteroatoms. The fraction of sp³-hybridized carbons (Fsp3) is 0.889. The van der Waals surface area contributed by atoms with Crippen LogP contribution in [-0.4, -0.2) is 211 Å². The van der Waals surface area contributed by atoms with Gasteiger partial charge >= 0.3 is 5.97 Å². The number of aliphatic hydroxyl groups excluding tert-OH is 4. The van der Waals surface area contributed by atoms with Gasteiger partial charge in [-0.15, -0.1) is 0 Å². The van der Waals surface area contributed by atoms with Crippen LogP contribution in [0.1, 0.15) is 161 Å². The van der Waals surface area contributed by atoms with Crippen LogP contribution in [0.15, 0.2) is 23.8 Å². The van der Waals surface area contributed by atoms with Gasteiger partial charge in [0.15, 0.2) is 29.6 Å². The van der Waals surface area contributed by atoms with Crippen LogP contribution in [0.3, 0.4) is 0 Å². The number of halogens is 1. The van der Waals surface area contributed by atoms with Crippen molar-refractivity contribution in [3.05, 3.63) is 23.8 Å². The minimum absolute atomic E-state index is 0.0652. The van der Waals surface area contributed by atoms with Crippen molar-refractivity contribution in [1.29, 1.82) is 0 Å². The zero-order chi connectivity index (χ0) is 61.9. The number of rotatable bonds is 14. The summed E-state index contributed by atoms with van der Waals surface area (Å²) >= 11 is 0. The van der Waals surface area contributed by atoms with Crippen molar-refractivity contribution in [2.24, 2.45) is 46.3 Å². The summed E-state index contributed by atoms with van der Waals surface area (Å²) in [6, 6.07) is -1.15. The third kappa shape index (κ3) is 12.4. The number of fused-ring (bicyclic) bond motifs is 5. The molecule has 8 N–H and O–H groups in total. The second kappa shape index (κ2) is 25.5. The summed E-state index contributed by atoms with van der Waals surface area (Å²) in [5.74, 6) is -5.72. The molecular weight excluding hydrogens is 1070 g/mol.